The van der Waals surface area contributed by atoms with E-state index in [0.717, 1.165) is 0 Å². The van der Waals surface area contributed by atoms with Gasteiger partial charge in [0.1, 0.15) is 5.75 Å². The highest BCUT2D eigenvalue weighted by Crippen LogP contribution is 2.46. The average Bonchev–Trinajstić information content (AvgIpc) is 2.52. The predicted molar refractivity (Wildman–Crippen MR) is 81.7 cm³/mol. The van der Waals surface area contributed by atoms with Crippen molar-refractivity contribution >= 4 is 21.3 Å². The fourth-order valence-electron chi connectivity index (χ4n) is 1.53. The summed E-state index contributed by atoms with van der Waals surface area (Å²) >= 11 is 0. The molecule has 0 aliphatic carbocycles. The van der Waals surface area contributed by atoms with Gasteiger partial charge in [-0.3, -0.25) is 19.2 Å². The maximum Gasteiger partial charge on any atom is 0.487 e. The van der Waals surface area contributed by atoms with Crippen molar-refractivity contribution in [2.75, 3.05) is 13.2 Å². The van der Waals surface area contributed by atoms with Gasteiger partial charge in [0, 0.05) is 23.5 Å². The lowest BCUT2D eigenvalue weighted by atomic mass is 10.3. The quantitative estimate of drug-likeness (QED) is 0.212. The Morgan fingerprint density at radius 1 is 1.20 bits per heavy atom. The van der Waals surface area contributed by atoms with Crippen LogP contribution in [0.2, 0.25) is 0 Å². The Kier molecular flexibility index (Phi) is 7.77. The molecule has 13 nitrogen and oxygen atoms in total. The van der Waals surface area contributed by atoms with Crippen molar-refractivity contribution in [1.82, 2.24) is 0 Å². The summed E-state index contributed by atoms with van der Waals surface area (Å²) in [7, 11) is -9.70. The van der Waals surface area contributed by atoms with E-state index in [1.54, 1.807) is 0 Å². The first-order valence-electron chi connectivity index (χ1n) is 6.46. The highest BCUT2D eigenvalue weighted by atomic mass is 31.2. The minimum Gasteiger partial charge on any atom is -0.493 e. The van der Waals surface area contributed by atoms with Crippen molar-refractivity contribution in [3.05, 3.63) is 39.3 Å². The first kappa shape index (κ1) is 21.3. The van der Waals surface area contributed by atoms with Crippen LogP contribution in [0.25, 0.3) is 0 Å². The molecule has 15 heteroatoms. The van der Waals surface area contributed by atoms with Crippen LogP contribution in [0.1, 0.15) is 6.42 Å². The van der Waals surface area contributed by atoms with Crippen molar-refractivity contribution in [3.63, 3.8) is 0 Å². The van der Waals surface area contributed by atoms with E-state index in [9.17, 15) is 24.2 Å². The number of phosphoric ester groups is 1. The monoisotopic (exact) mass is 400 g/mol. The van der Waals surface area contributed by atoms with Crippen LogP contribution >= 0.6 is 15.6 Å². The molecular formula is C10H14N2O11P2. The first-order valence-corrected chi connectivity index (χ1v) is 9.52. The Bertz CT molecular complexity index is 689. The van der Waals surface area contributed by atoms with Crippen molar-refractivity contribution in [2.45, 2.75) is 12.5 Å². The van der Waals surface area contributed by atoms with E-state index in [0.29, 0.717) is 0 Å². The summed E-state index contributed by atoms with van der Waals surface area (Å²) in [6.45, 7) is -0.972. The number of hydrogen-bond donors (Lipinski definition) is 3. The molecule has 1 aromatic rings. The molecule has 1 aromatic carbocycles. The number of hydrogen-bond acceptors (Lipinski definition) is 8. The van der Waals surface area contributed by atoms with Crippen molar-refractivity contribution in [2.24, 2.45) is 4.95 Å². The molecule has 0 saturated carbocycles. The Morgan fingerprint density at radius 2 is 1.80 bits per heavy atom. The van der Waals surface area contributed by atoms with Gasteiger partial charge in [-0.2, -0.15) is 0 Å². The number of ether oxygens (including phenoxy) is 1. The van der Waals surface area contributed by atoms with Gasteiger partial charge in [0.2, 0.25) is 0 Å². The van der Waals surface area contributed by atoms with E-state index < -0.39 is 33.2 Å². The number of nitro benzene ring substituents is 1. The van der Waals surface area contributed by atoms with E-state index in [-0.39, 0.29) is 24.5 Å². The molecule has 140 valence electrons. The molecular weight excluding hydrogens is 386 g/mol. The van der Waals surface area contributed by atoms with Crippen molar-refractivity contribution < 1.29 is 42.5 Å². The zero-order valence-corrected chi connectivity index (χ0v) is 14.2. The average molecular weight is 400 g/mol. The standard InChI is InChI=1S/C10H14N2O11P2/c13-11-24(16,17)23-10(7-22-25(18,19)20)5-6-21-9-3-1-8(2-4-9)12(14)15/h1-4,10H,5-7H2,(H,16,17)(H2,18,19,20). The number of phosphoric acid groups is 1. The largest absolute Gasteiger partial charge is 0.493 e. The fourth-order valence-corrected chi connectivity index (χ4v) is 2.49. The minimum atomic E-state index is -4.86. The zero-order chi connectivity index (χ0) is 19.1. The Balaban J connectivity index is 2.61. The predicted octanol–water partition coefficient (Wildman–Crippen LogP) is 1.72. The lowest BCUT2D eigenvalue weighted by Crippen LogP contribution is -2.21. The van der Waals surface area contributed by atoms with Gasteiger partial charge in [-0.05, 0) is 12.1 Å². The Morgan fingerprint density at radius 3 is 2.28 bits per heavy atom. The summed E-state index contributed by atoms with van der Waals surface area (Å²) in [5.74, 6) is 0.237. The van der Waals surface area contributed by atoms with Gasteiger partial charge >= 0.3 is 15.6 Å². The van der Waals surface area contributed by atoms with Crippen LogP contribution in [0.5, 0.6) is 5.75 Å². The van der Waals surface area contributed by atoms with Gasteiger partial charge in [-0.1, -0.05) is 0 Å². The lowest BCUT2D eigenvalue weighted by Gasteiger charge is -2.18. The summed E-state index contributed by atoms with van der Waals surface area (Å²) in [5.41, 5.74) is -0.151. The summed E-state index contributed by atoms with van der Waals surface area (Å²) < 4.78 is 35.7. The molecule has 0 spiro atoms. The molecule has 2 atom stereocenters. The van der Waals surface area contributed by atoms with E-state index in [2.05, 4.69) is 9.05 Å². The van der Waals surface area contributed by atoms with E-state index in [1.165, 1.54) is 24.3 Å². The SMILES string of the molecule is O=NP(=O)(O)OC(CCOc1ccc([N+](=O)[O-])cc1)COP(=O)(O)O. The molecule has 0 fully saturated rings. The topological polar surface area (TPSA) is 195 Å². The number of nitro groups is 1. The molecule has 0 radical (unpaired) electrons. The highest BCUT2D eigenvalue weighted by Gasteiger charge is 2.28. The number of non-ortho nitro benzene ring substituents is 1. The van der Waals surface area contributed by atoms with Gasteiger partial charge in [0.05, 0.1) is 24.2 Å². The molecule has 0 saturated heterocycles. The number of nitrogens with zero attached hydrogens (tertiary/aromatic N) is 2. The summed E-state index contributed by atoms with van der Waals surface area (Å²) in [5, 5.41) is 10.5. The summed E-state index contributed by atoms with van der Waals surface area (Å²) in [6, 6.07) is 5.00. The molecule has 0 aromatic heterocycles. The molecule has 25 heavy (non-hydrogen) atoms. The molecule has 2 unspecified atom stereocenters. The number of rotatable bonds is 11. The zero-order valence-electron chi connectivity index (χ0n) is 12.4. The van der Waals surface area contributed by atoms with Gasteiger partial charge in [-0.25, -0.2) is 9.13 Å². The van der Waals surface area contributed by atoms with Crippen LogP contribution in [-0.2, 0) is 18.2 Å². The highest BCUT2D eigenvalue weighted by molar-refractivity contribution is 7.51. The second kappa shape index (κ2) is 9.11. The second-order valence-electron chi connectivity index (χ2n) is 4.47. The lowest BCUT2D eigenvalue weighted by molar-refractivity contribution is -0.384. The molecule has 3 N–H and O–H groups in total. The van der Waals surface area contributed by atoms with E-state index >= 15 is 0 Å². The van der Waals surface area contributed by atoms with Crippen molar-refractivity contribution in [1.29, 1.82) is 0 Å². The van der Waals surface area contributed by atoms with Gasteiger partial charge in [-0.15, -0.1) is 4.91 Å². The molecule has 0 heterocycles. The third-order valence-electron chi connectivity index (χ3n) is 2.57. The fraction of sp³-hybridized carbons (Fsp3) is 0.400. The Labute approximate surface area is 140 Å². The maximum absolute atomic E-state index is 11.2. The second-order valence-corrected chi connectivity index (χ2v) is 7.07. The molecule has 1 rings (SSSR count). The van der Waals surface area contributed by atoms with Crippen LogP contribution in [-0.4, -0.2) is 38.9 Å². The van der Waals surface area contributed by atoms with Gasteiger partial charge in [0.15, 0.2) is 0 Å². The molecule has 0 aliphatic heterocycles. The maximum atomic E-state index is 11.2. The van der Waals surface area contributed by atoms with Gasteiger partial charge < -0.3 is 19.4 Å². The minimum absolute atomic E-state index is 0.151. The van der Waals surface area contributed by atoms with E-state index in [1.807, 2.05) is 4.95 Å². The smallest absolute Gasteiger partial charge is 0.487 e. The van der Waals surface area contributed by atoms with Gasteiger partial charge in [0.25, 0.3) is 5.69 Å². The summed E-state index contributed by atoms with van der Waals surface area (Å²) in [6.07, 6.45) is -1.57. The summed E-state index contributed by atoms with van der Waals surface area (Å²) in [4.78, 5) is 48.3. The third-order valence-corrected chi connectivity index (χ3v) is 3.84. The molecule has 0 bridgehead atoms. The Hall–Kier alpha value is -1.72. The first-order chi connectivity index (χ1) is 11.5. The van der Waals surface area contributed by atoms with Crippen LogP contribution in [0.3, 0.4) is 0 Å². The molecule has 0 aliphatic rings. The van der Waals surface area contributed by atoms with Crippen LogP contribution in [0.15, 0.2) is 29.2 Å². The van der Waals surface area contributed by atoms with Crippen LogP contribution in [0, 0.1) is 15.0 Å². The van der Waals surface area contributed by atoms with Crippen molar-refractivity contribution in [3.8, 4) is 5.75 Å². The third kappa shape index (κ3) is 8.79. The normalized spacial score (nSPS) is 15.2. The van der Waals surface area contributed by atoms with Crippen LogP contribution in [0.4, 0.5) is 5.69 Å². The van der Waals surface area contributed by atoms with Crippen LogP contribution < -0.4 is 4.74 Å². The number of nitroso groups, excluding NO2 is 1. The number of benzene rings is 1. The van der Waals surface area contributed by atoms with E-state index in [4.69, 9.17) is 19.4 Å². The molecule has 0 amide bonds.